The predicted octanol–water partition coefficient (Wildman–Crippen LogP) is 3.04. The second kappa shape index (κ2) is 6.97. The zero-order chi connectivity index (χ0) is 18.1. The molecule has 0 saturated carbocycles. The summed E-state index contributed by atoms with van der Waals surface area (Å²) in [5.74, 6) is 6.60. The van der Waals surface area contributed by atoms with E-state index < -0.39 is 0 Å². The molecule has 1 saturated heterocycles. The first-order valence-corrected chi connectivity index (χ1v) is 9.41. The zero-order valence-electron chi connectivity index (χ0n) is 15.4. The Hall–Kier alpha value is -2.58. The summed E-state index contributed by atoms with van der Waals surface area (Å²) >= 11 is 0. The van der Waals surface area contributed by atoms with E-state index in [0.29, 0.717) is 11.9 Å². The van der Waals surface area contributed by atoms with Crippen LogP contribution in [0.5, 0.6) is 0 Å². The number of fused-ring (bicyclic) bond motifs is 3. The van der Waals surface area contributed by atoms with Crippen LogP contribution in [0.3, 0.4) is 0 Å². The van der Waals surface area contributed by atoms with E-state index in [0.717, 1.165) is 47.3 Å². The number of rotatable bonds is 2. The zero-order valence-corrected chi connectivity index (χ0v) is 15.4. The highest BCUT2D eigenvalue weighted by Crippen LogP contribution is 2.23. The van der Waals surface area contributed by atoms with Crippen LogP contribution in [0.25, 0.3) is 21.8 Å². The lowest BCUT2D eigenvalue weighted by Gasteiger charge is -2.23. The molecule has 1 aliphatic rings. The van der Waals surface area contributed by atoms with Crippen LogP contribution in [0.1, 0.15) is 37.4 Å². The maximum Gasteiger partial charge on any atom is 0.262 e. The number of hydrogen-bond donors (Lipinski definition) is 1. The Morgan fingerprint density at radius 3 is 2.81 bits per heavy atom. The van der Waals surface area contributed by atoms with Gasteiger partial charge in [-0.1, -0.05) is 18.3 Å². The number of benzene rings is 1. The molecule has 1 fully saturated rings. The number of H-pyrrole nitrogens is 1. The molecule has 0 aliphatic carbocycles. The van der Waals surface area contributed by atoms with Crippen LogP contribution in [0.4, 0.5) is 0 Å². The van der Waals surface area contributed by atoms with Gasteiger partial charge in [0, 0.05) is 23.2 Å². The molecule has 5 heteroatoms. The Labute approximate surface area is 153 Å². The molecule has 2 aromatic heterocycles. The average molecular weight is 348 g/mol. The van der Waals surface area contributed by atoms with E-state index in [1.165, 1.54) is 19.3 Å². The Kier molecular flexibility index (Phi) is 4.52. The molecule has 0 atom stereocenters. The number of piperidine rings is 1. The van der Waals surface area contributed by atoms with Gasteiger partial charge in [0.2, 0.25) is 0 Å². The molecular weight excluding hydrogens is 324 g/mol. The number of aromatic nitrogens is 3. The van der Waals surface area contributed by atoms with Crippen molar-refractivity contribution < 1.29 is 0 Å². The molecule has 0 bridgehead atoms. The SMILES string of the molecule is CCn1c(=O)c2c(C)[nH]nc2c2cc(C#CCN3CCCCC3)ccc21. The first-order chi connectivity index (χ1) is 12.7. The van der Waals surface area contributed by atoms with Gasteiger partial charge in [0.1, 0.15) is 5.52 Å². The Morgan fingerprint density at radius 2 is 2.04 bits per heavy atom. The number of nitrogens with zero attached hydrogens (tertiary/aromatic N) is 3. The fraction of sp³-hybridized carbons (Fsp3) is 0.429. The van der Waals surface area contributed by atoms with Crippen molar-refractivity contribution in [1.82, 2.24) is 19.7 Å². The second-order valence-electron chi connectivity index (χ2n) is 6.99. The normalized spacial score (nSPS) is 15.3. The molecule has 3 heterocycles. The molecule has 1 N–H and O–H groups in total. The van der Waals surface area contributed by atoms with Crippen molar-refractivity contribution in [3.8, 4) is 11.8 Å². The lowest BCUT2D eigenvalue weighted by atomic mass is 10.1. The Bertz CT molecular complexity index is 1070. The smallest absolute Gasteiger partial charge is 0.262 e. The van der Waals surface area contributed by atoms with Crippen molar-refractivity contribution >= 4 is 21.8 Å². The molecule has 3 aromatic rings. The van der Waals surface area contributed by atoms with E-state index in [1.54, 1.807) is 0 Å². The van der Waals surface area contributed by atoms with E-state index >= 15 is 0 Å². The van der Waals surface area contributed by atoms with Gasteiger partial charge in [0.05, 0.1) is 17.4 Å². The van der Waals surface area contributed by atoms with Crippen LogP contribution >= 0.6 is 0 Å². The van der Waals surface area contributed by atoms with E-state index in [9.17, 15) is 4.79 Å². The largest absolute Gasteiger partial charge is 0.308 e. The third-order valence-electron chi connectivity index (χ3n) is 5.25. The van der Waals surface area contributed by atoms with Gasteiger partial charge in [0.15, 0.2) is 0 Å². The van der Waals surface area contributed by atoms with Crippen molar-refractivity contribution in [2.75, 3.05) is 19.6 Å². The Morgan fingerprint density at radius 1 is 1.23 bits per heavy atom. The van der Waals surface area contributed by atoms with Gasteiger partial charge in [-0.3, -0.25) is 14.8 Å². The topological polar surface area (TPSA) is 53.9 Å². The first-order valence-electron chi connectivity index (χ1n) is 9.41. The minimum absolute atomic E-state index is 0.0187. The molecule has 1 aliphatic heterocycles. The third kappa shape index (κ3) is 2.91. The van der Waals surface area contributed by atoms with Gasteiger partial charge in [0.25, 0.3) is 5.56 Å². The van der Waals surface area contributed by atoms with Gasteiger partial charge in [-0.05, 0) is 58.0 Å². The number of pyridine rings is 1. The average Bonchev–Trinajstić information content (AvgIpc) is 3.06. The second-order valence-corrected chi connectivity index (χ2v) is 6.99. The van der Waals surface area contributed by atoms with Crippen LogP contribution < -0.4 is 5.56 Å². The minimum Gasteiger partial charge on any atom is -0.308 e. The fourth-order valence-electron chi connectivity index (χ4n) is 3.85. The van der Waals surface area contributed by atoms with Crippen molar-refractivity contribution in [3.63, 3.8) is 0 Å². The van der Waals surface area contributed by atoms with E-state index in [1.807, 2.05) is 30.5 Å². The molecule has 0 spiro atoms. The van der Waals surface area contributed by atoms with Crippen molar-refractivity contribution in [1.29, 1.82) is 0 Å². The molecule has 0 amide bonds. The molecule has 26 heavy (non-hydrogen) atoms. The molecule has 5 nitrogen and oxygen atoms in total. The molecular formula is C21H24N4O. The highest BCUT2D eigenvalue weighted by atomic mass is 16.1. The maximum absolute atomic E-state index is 12.8. The summed E-state index contributed by atoms with van der Waals surface area (Å²) < 4.78 is 1.81. The molecule has 0 unspecified atom stereocenters. The summed E-state index contributed by atoms with van der Waals surface area (Å²) in [6, 6.07) is 6.06. The highest BCUT2D eigenvalue weighted by molar-refractivity contribution is 6.04. The number of aromatic amines is 1. The standard InChI is InChI=1S/C21H24N4O/c1-3-25-18-10-9-16(8-7-13-24-11-5-4-6-12-24)14-17(18)20-19(21(25)26)15(2)22-23-20/h9-10,14H,3-6,11-13H2,1-2H3,(H,22,23). The number of hydrogen-bond acceptors (Lipinski definition) is 3. The van der Waals surface area contributed by atoms with Crippen LogP contribution in [0.2, 0.25) is 0 Å². The van der Waals surface area contributed by atoms with Gasteiger partial charge < -0.3 is 4.57 Å². The van der Waals surface area contributed by atoms with E-state index in [4.69, 9.17) is 0 Å². The van der Waals surface area contributed by atoms with E-state index in [-0.39, 0.29) is 5.56 Å². The monoisotopic (exact) mass is 348 g/mol. The van der Waals surface area contributed by atoms with Crippen LogP contribution in [-0.2, 0) is 6.54 Å². The minimum atomic E-state index is 0.0187. The van der Waals surface area contributed by atoms with Crippen LogP contribution in [0.15, 0.2) is 23.0 Å². The summed E-state index contributed by atoms with van der Waals surface area (Å²) in [5, 5.41) is 9.00. The van der Waals surface area contributed by atoms with Crippen LogP contribution in [-0.4, -0.2) is 39.3 Å². The van der Waals surface area contributed by atoms with Crippen molar-refractivity contribution in [2.45, 2.75) is 39.7 Å². The van der Waals surface area contributed by atoms with Gasteiger partial charge in [-0.2, -0.15) is 5.10 Å². The van der Waals surface area contributed by atoms with Gasteiger partial charge in [-0.15, -0.1) is 0 Å². The summed E-state index contributed by atoms with van der Waals surface area (Å²) in [7, 11) is 0. The molecule has 1 aromatic carbocycles. The van der Waals surface area contributed by atoms with Gasteiger partial charge in [-0.25, -0.2) is 0 Å². The Balaban J connectivity index is 1.76. The summed E-state index contributed by atoms with van der Waals surface area (Å²) in [4.78, 5) is 15.2. The quantitative estimate of drug-likeness (QED) is 0.724. The third-order valence-corrected chi connectivity index (χ3v) is 5.25. The fourth-order valence-corrected chi connectivity index (χ4v) is 3.85. The van der Waals surface area contributed by atoms with Crippen molar-refractivity contribution in [2.24, 2.45) is 0 Å². The molecule has 134 valence electrons. The lowest BCUT2D eigenvalue weighted by Crippen LogP contribution is -2.29. The number of aryl methyl sites for hydroxylation is 2. The van der Waals surface area contributed by atoms with Gasteiger partial charge >= 0.3 is 0 Å². The predicted molar refractivity (Wildman–Crippen MR) is 105 cm³/mol. The van der Waals surface area contributed by atoms with Crippen molar-refractivity contribution in [3.05, 3.63) is 39.8 Å². The maximum atomic E-state index is 12.8. The van der Waals surface area contributed by atoms with Crippen LogP contribution in [0, 0.1) is 18.8 Å². The lowest BCUT2D eigenvalue weighted by molar-refractivity contribution is 0.255. The highest BCUT2D eigenvalue weighted by Gasteiger charge is 2.14. The molecule has 0 radical (unpaired) electrons. The number of nitrogens with one attached hydrogen (secondary N) is 1. The summed E-state index contributed by atoms with van der Waals surface area (Å²) in [6.07, 6.45) is 3.90. The summed E-state index contributed by atoms with van der Waals surface area (Å²) in [6.45, 7) is 7.66. The first kappa shape index (κ1) is 16.9. The number of likely N-dealkylation sites (tertiary alicyclic amines) is 1. The molecule has 4 rings (SSSR count). The van der Waals surface area contributed by atoms with E-state index in [2.05, 4.69) is 33.0 Å². The summed E-state index contributed by atoms with van der Waals surface area (Å²) in [5.41, 5.74) is 3.46.